The Hall–Kier alpha value is -2.08. The molecule has 2 aromatic rings. The molecule has 1 fully saturated rings. The van der Waals surface area contributed by atoms with Crippen LogP contribution in [0.1, 0.15) is 47.8 Å². The summed E-state index contributed by atoms with van der Waals surface area (Å²) >= 11 is 3.44. The molecule has 132 valence electrons. The molecule has 25 heavy (non-hydrogen) atoms. The van der Waals surface area contributed by atoms with Gasteiger partial charge >= 0.3 is 0 Å². The van der Waals surface area contributed by atoms with Gasteiger partial charge in [0.1, 0.15) is 0 Å². The number of amides is 2. The van der Waals surface area contributed by atoms with Crippen molar-refractivity contribution < 1.29 is 14.0 Å². The van der Waals surface area contributed by atoms with E-state index in [4.69, 9.17) is 4.42 Å². The molecule has 0 saturated carbocycles. The molecule has 1 saturated heterocycles. The van der Waals surface area contributed by atoms with Crippen molar-refractivity contribution >= 4 is 27.7 Å². The van der Waals surface area contributed by atoms with Gasteiger partial charge in [0.05, 0.1) is 12.3 Å². The van der Waals surface area contributed by atoms with Gasteiger partial charge in [-0.3, -0.25) is 9.59 Å². The molecule has 1 N–H and O–H groups in total. The van der Waals surface area contributed by atoms with Crippen LogP contribution in [0.4, 0.5) is 0 Å². The van der Waals surface area contributed by atoms with Gasteiger partial charge < -0.3 is 14.6 Å². The summed E-state index contributed by atoms with van der Waals surface area (Å²) in [6, 6.07) is 11.6. The number of halogens is 1. The van der Waals surface area contributed by atoms with Crippen molar-refractivity contribution in [2.24, 2.45) is 0 Å². The number of nitrogens with zero attached hydrogens (tertiary/aromatic N) is 1. The van der Waals surface area contributed by atoms with Crippen LogP contribution >= 0.6 is 15.9 Å². The molecule has 0 bridgehead atoms. The second-order valence-corrected chi connectivity index (χ2v) is 7.05. The lowest BCUT2D eigenvalue weighted by molar-refractivity contribution is -0.132. The van der Waals surface area contributed by atoms with E-state index >= 15 is 0 Å². The van der Waals surface area contributed by atoms with Gasteiger partial charge in [0.15, 0.2) is 5.76 Å². The number of nitrogens with one attached hydrogen (secondary N) is 1. The van der Waals surface area contributed by atoms with Gasteiger partial charge in [-0.15, -0.1) is 0 Å². The highest BCUT2D eigenvalue weighted by Gasteiger charge is 2.29. The number of likely N-dealkylation sites (tertiary alicyclic amines) is 1. The fourth-order valence-electron chi connectivity index (χ4n) is 3.18. The Bertz CT molecular complexity index is 713. The fourth-order valence-corrected chi connectivity index (χ4v) is 3.44. The third-order valence-electron chi connectivity index (χ3n) is 4.43. The van der Waals surface area contributed by atoms with Crippen LogP contribution in [-0.4, -0.2) is 29.8 Å². The van der Waals surface area contributed by atoms with Crippen LogP contribution in [0.2, 0.25) is 0 Å². The van der Waals surface area contributed by atoms with Gasteiger partial charge in [0.2, 0.25) is 5.91 Å². The Morgan fingerprint density at radius 3 is 2.76 bits per heavy atom. The molecule has 0 radical (unpaired) electrons. The molecular weight excluding hydrogens is 384 g/mol. The molecule has 1 aromatic carbocycles. The van der Waals surface area contributed by atoms with E-state index in [1.54, 1.807) is 12.1 Å². The molecule has 1 unspecified atom stereocenters. The molecule has 5 nitrogen and oxygen atoms in total. The molecule has 1 aliphatic rings. The van der Waals surface area contributed by atoms with Crippen LogP contribution in [-0.2, 0) is 4.79 Å². The van der Waals surface area contributed by atoms with Crippen LogP contribution < -0.4 is 5.32 Å². The van der Waals surface area contributed by atoms with Crippen molar-refractivity contribution in [3.63, 3.8) is 0 Å². The maximum Gasteiger partial charge on any atom is 0.286 e. The number of benzene rings is 1. The third-order valence-corrected chi connectivity index (χ3v) is 4.95. The third kappa shape index (κ3) is 4.51. The molecule has 3 rings (SSSR count). The summed E-state index contributed by atoms with van der Waals surface area (Å²) in [5.41, 5.74) is 1.18. The van der Waals surface area contributed by atoms with Crippen molar-refractivity contribution in [2.75, 3.05) is 13.1 Å². The average Bonchev–Trinajstić information content (AvgIpc) is 3.30. The van der Waals surface area contributed by atoms with Crippen molar-refractivity contribution in [3.05, 3.63) is 58.5 Å². The van der Waals surface area contributed by atoms with Crippen LogP contribution in [0.5, 0.6) is 0 Å². The SMILES string of the molecule is O=C(NCCCC(=O)N1CCCC1c1ccc(Br)cc1)c1ccco1. The Labute approximate surface area is 155 Å². The largest absolute Gasteiger partial charge is 0.459 e. The van der Waals surface area contributed by atoms with Gasteiger partial charge in [0.25, 0.3) is 5.91 Å². The number of hydrogen-bond donors (Lipinski definition) is 1. The summed E-state index contributed by atoms with van der Waals surface area (Å²) in [6.07, 6.45) is 4.55. The van der Waals surface area contributed by atoms with Crippen molar-refractivity contribution in [1.82, 2.24) is 10.2 Å². The maximum absolute atomic E-state index is 12.6. The standard InChI is InChI=1S/C19H21BrN2O3/c20-15-9-7-14(8-10-15)16-4-2-12-22(16)18(23)6-1-11-21-19(24)17-5-3-13-25-17/h3,5,7-10,13,16H,1-2,4,6,11-12H2,(H,21,24). The summed E-state index contributed by atoms with van der Waals surface area (Å²) in [5.74, 6) is 0.199. The lowest BCUT2D eigenvalue weighted by Gasteiger charge is -2.25. The van der Waals surface area contributed by atoms with Crippen LogP contribution in [0.3, 0.4) is 0 Å². The van der Waals surface area contributed by atoms with E-state index in [0.29, 0.717) is 25.1 Å². The average molecular weight is 405 g/mol. The highest BCUT2D eigenvalue weighted by atomic mass is 79.9. The first-order chi connectivity index (χ1) is 12.1. The lowest BCUT2D eigenvalue weighted by atomic mass is 10.0. The minimum atomic E-state index is -0.244. The minimum absolute atomic E-state index is 0.151. The van der Waals surface area contributed by atoms with E-state index in [9.17, 15) is 9.59 Å². The Morgan fingerprint density at radius 1 is 1.24 bits per heavy atom. The smallest absolute Gasteiger partial charge is 0.286 e. The van der Waals surface area contributed by atoms with Crippen molar-refractivity contribution in [3.8, 4) is 0 Å². The van der Waals surface area contributed by atoms with Crippen LogP contribution in [0.25, 0.3) is 0 Å². The molecule has 1 aromatic heterocycles. The predicted octanol–water partition coefficient (Wildman–Crippen LogP) is 3.92. The Kier molecular flexibility index (Phi) is 5.91. The first kappa shape index (κ1) is 17.7. The van der Waals surface area contributed by atoms with Gasteiger partial charge in [-0.25, -0.2) is 0 Å². The molecule has 0 aliphatic carbocycles. The Balaban J connectivity index is 1.47. The lowest BCUT2D eigenvalue weighted by Crippen LogP contribution is -2.31. The first-order valence-corrected chi connectivity index (χ1v) is 9.31. The van der Waals surface area contributed by atoms with E-state index in [1.165, 1.54) is 11.8 Å². The summed E-state index contributed by atoms with van der Waals surface area (Å²) in [7, 11) is 0. The molecular formula is C19H21BrN2O3. The minimum Gasteiger partial charge on any atom is -0.459 e. The van der Waals surface area contributed by atoms with E-state index in [0.717, 1.165) is 23.9 Å². The zero-order chi connectivity index (χ0) is 17.6. The highest BCUT2D eigenvalue weighted by molar-refractivity contribution is 9.10. The molecule has 1 aliphatic heterocycles. The van der Waals surface area contributed by atoms with Gasteiger partial charge in [-0.05, 0) is 49.1 Å². The van der Waals surface area contributed by atoms with Crippen molar-refractivity contribution in [2.45, 2.75) is 31.7 Å². The normalized spacial score (nSPS) is 16.8. The van der Waals surface area contributed by atoms with Gasteiger partial charge in [0, 0.05) is 24.0 Å². The maximum atomic E-state index is 12.6. The van der Waals surface area contributed by atoms with E-state index in [-0.39, 0.29) is 17.9 Å². The van der Waals surface area contributed by atoms with Crippen molar-refractivity contribution in [1.29, 1.82) is 0 Å². The number of rotatable bonds is 6. The van der Waals surface area contributed by atoms with E-state index < -0.39 is 0 Å². The molecule has 2 heterocycles. The number of hydrogen-bond acceptors (Lipinski definition) is 3. The summed E-state index contributed by atoms with van der Waals surface area (Å²) in [4.78, 5) is 26.3. The topological polar surface area (TPSA) is 62.6 Å². The number of furan rings is 1. The quantitative estimate of drug-likeness (QED) is 0.742. The molecule has 1 atom stereocenters. The van der Waals surface area contributed by atoms with Crippen LogP contribution in [0, 0.1) is 0 Å². The first-order valence-electron chi connectivity index (χ1n) is 8.52. The monoisotopic (exact) mass is 404 g/mol. The zero-order valence-electron chi connectivity index (χ0n) is 13.9. The summed E-state index contributed by atoms with van der Waals surface area (Å²) in [6.45, 7) is 1.26. The zero-order valence-corrected chi connectivity index (χ0v) is 15.5. The molecule has 0 spiro atoms. The molecule has 2 amide bonds. The van der Waals surface area contributed by atoms with E-state index in [1.807, 2.05) is 17.0 Å². The van der Waals surface area contributed by atoms with Crippen LogP contribution in [0.15, 0.2) is 51.6 Å². The summed E-state index contributed by atoms with van der Waals surface area (Å²) in [5, 5.41) is 2.77. The highest BCUT2D eigenvalue weighted by Crippen LogP contribution is 2.33. The van der Waals surface area contributed by atoms with Gasteiger partial charge in [-0.2, -0.15) is 0 Å². The number of carbonyl (C=O) groups is 2. The summed E-state index contributed by atoms with van der Waals surface area (Å²) < 4.78 is 6.08. The second kappa shape index (κ2) is 8.34. The fraction of sp³-hybridized carbons (Fsp3) is 0.368. The second-order valence-electron chi connectivity index (χ2n) is 6.13. The molecule has 6 heteroatoms. The van der Waals surface area contributed by atoms with E-state index in [2.05, 4.69) is 33.4 Å². The predicted molar refractivity (Wildman–Crippen MR) is 98.1 cm³/mol. The number of carbonyl (C=O) groups excluding carboxylic acids is 2. The van der Waals surface area contributed by atoms with Gasteiger partial charge in [-0.1, -0.05) is 28.1 Å². The Morgan fingerprint density at radius 2 is 2.04 bits per heavy atom.